The van der Waals surface area contributed by atoms with Crippen molar-refractivity contribution >= 4 is 17.0 Å². The second-order valence-corrected chi connectivity index (χ2v) is 5.62. The smallest absolute Gasteiger partial charge is 0.338 e. The fourth-order valence-electron chi connectivity index (χ4n) is 2.72. The van der Waals surface area contributed by atoms with E-state index in [1.54, 1.807) is 36.4 Å². The Morgan fingerprint density at radius 3 is 2.50 bits per heavy atom. The summed E-state index contributed by atoms with van der Waals surface area (Å²) in [7, 11) is 0. The summed E-state index contributed by atoms with van der Waals surface area (Å²) in [6, 6.07) is 11.9. The maximum atomic E-state index is 13.3. The predicted molar refractivity (Wildman–Crippen MR) is 86.0 cm³/mol. The standard InChI is InChI=1S/C18H16F2N2O2/c1-11-7-12(2)9-13(8-11)17(23)24-10-16-21-14-5-3-4-6-15(14)22(16)18(19)20/h3-9,18H,10H2,1-2H3. The van der Waals surface area contributed by atoms with Gasteiger partial charge in [0.2, 0.25) is 0 Å². The summed E-state index contributed by atoms with van der Waals surface area (Å²) < 4.78 is 32.6. The topological polar surface area (TPSA) is 44.1 Å². The molecule has 1 heterocycles. The minimum Gasteiger partial charge on any atom is -0.454 e. The number of aromatic nitrogens is 2. The Labute approximate surface area is 137 Å². The zero-order chi connectivity index (χ0) is 17.3. The largest absolute Gasteiger partial charge is 0.454 e. The third-order valence-electron chi connectivity index (χ3n) is 3.65. The zero-order valence-electron chi connectivity index (χ0n) is 13.3. The summed E-state index contributed by atoms with van der Waals surface area (Å²) in [5.41, 5.74) is 3.01. The van der Waals surface area contributed by atoms with E-state index in [9.17, 15) is 13.6 Å². The Bertz CT molecular complexity index is 883. The lowest BCUT2D eigenvalue weighted by molar-refractivity contribution is 0.0387. The number of hydrogen-bond donors (Lipinski definition) is 0. The van der Waals surface area contributed by atoms with Gasteiger partial charge < -0.3 is 4.74 Å². The number of hydrogen-bond acceptors (Lipinski definition) is 3. The van der Waals surface area contributed by atoms with Crippen molar-refractivity contribution in [1.29, 1.82) is 0 Å². The molecule has 124 valence electrons. The number of esters is 1. The van der Waals surface area contributed by atoms with Crippen molar-refractivity contribution in [2.45, 2.75) is 27.0 Å². The lowest BCUT2D eigenvalue weighted by atomic mass is 10.1. The van der Waals surface area contributed by atoms with Crippen molar-refractivity contribution in [1.82, 2.24) is 9.55 Å². The van der Waals surface area contributed by atoms with Crippen LogP contribution in [0.25, 0.3) is 11.0 Å². The van der Waals surface area contributed by atoms with E-state index in [2.05, 4.69) is 4.98 Å². The first-order valence-corrected chi connectivity index (χ1v) is 7.45. The van der Waals surface area contributed by atoms with Crippen molar-refractivity contribution in [3.05, 3.63) is 65.0 Å². The Morgan fingerprint density at radius 2 is 1.83 bits per heavy atom. The highest BCUT2D eigenvalue weighted by molar-refractivity contribution is 5.89. The minimum atomic E-state index is -2.76. The molecule has 0 saturated carbocycles. The van der Waals surface area contributed by atoms with Gasteiger partial charge in [-0.25, -0.2) is 9.78 Å². The summed E-state index contributed by atoms with van der Waals surface area (Å²) in [5.74, 6) is -0.543. The fourth-order valence-corrected chi connectivity index (χ4v) is 2.72. The number of alkyl halides is 2. The first-order chi connectivity index (χ1) is 11.5. The van der Waals surface area contributed by atoms with Gasteiger partial charge >= 0.3 is 12.5 Å². The molecule has 0 aliphatic carbocycles. The van der Waals surface area contributed by atoms with Crippen molar-refractivity contribution < 1.29 is 18.3 Å². The van der Waals surface area contributed by atoms with Gasteiger partial charge in [-0.2, -0.15) is 8.78 Å². The van der Waals surface area contributed by atoms with Gasteiger partial charge in [-0.3, -0.25) is 4.57 Å². The van der Waals surface area contributed by atoms with Crippen LogP contribution in [0.15, 0.2) is 42.5 Å². The van der Waals surface area contributed by atoms with Crippen LogP contribution < -0.4 is 0 Å². The van der Waals surface area contributed by atoms with Crippen LogP contribution in [0.2, 0.25) is 0 Å². The number of aryl methyl sites for hydroxylation is 2. The molecule has 4 nitrogen and oxygen atoms in total. The van der Waals surface area contributed by atoms with Gasteiger partial charge in [0, 0.05) is 0 Å². The molecule has 0 atom stereocenters. The maximum Gasteiger partial charge on any atom is 0.338 e. The van der Waals surface area contributed by atoms with Crippen molar-refractivity contribution in [3.63, 3.8) is 0 Å². The maximum absolute atomic E-state index is 13.3. The first kappa shape index (κ1) is 16.1. The number of carbonyl (C=O) groups excluding carboxylic acids is 1. The first-order valence-electron chi connectivity index (χ1n) is 7.45. The zero-order valence-corrected chi connectivity index (χ0v) is 13.3. The second kappa shape index (κ2) is 6.39. The summed E-state index contributed by atoms with van der Waals surface area (Å²) >= 11 is 0. The van der Waals surface area contributed by atoms with E-state index in [1.165, 1.54) is 0 Å². The summed E-state index contributed by atoms with van der Waals surface area (Å²) in [6.45, 7) is 0.678. The van der Waals surface area contributed by atoms with E-state index < -0.39 is 12.5 Å². The van der Waals surface area contributed by atoms with E-state index in [-0.39, 0.29) is 12.4 Å². The number of imidazole rings is 1. The predicted octanol–water partition coefficient (Wildman–Crippen LogP) is 4.41. The van der Waals surface area contributed by atoms with Gasteiger partial charge in [0.25, 0.3) is 0 Å². The van der Waals surface area contributed by atoms with E-state index in [1.807, 2.05) is 19.9 Å². The molecule has 3 aromatic rings. The van der Waals surface area contributed by atoms with Gasteiger partial charge in [-0.15, -0.1) is 0 Å². The van der Waals surface area contributed by atoms with Crippen LogP contribution in [0.3, 0.4) is 0 Å². The molecule has 24 heavy (non-hydrogen) atoms. The van der Waals surface area contributed by atoms with Crippen molar-refractivity contribution in [3.8, 4) is 0 Å². The quantitative estimate of drug-likeness (QED) is 0.666. The summed E-state index contributed by atoms with van der Waals surface area (Å²) in [4.78, 5) is 16.3. The number of rotatable bonds is 4. The number of para-hydroxylation sites is 2. The van der Waals surface area contributed by atoms with Crippen LogP contribution >= 0.6 is 0 Å². The Balaban J connectivity index is 1.85. The van der Waals surface area contributed by atoms with Gasteiger partial charge in [-0.1, -0.05) is 29.3 Å². The molecule has 0 saturated heterocycles. The monoisotopic (exact) mass is 330 g/mol. The molecule has 3 rings (SSSR count). The van der Waals surface area contributed by atoms with E-state index in [4.69, 9.17) is 4.74 Å². The van der Waals surface area contributed by atoms with Crippen LogP contribution in [0.4, 0.5) is 8.78 Å². The molecule has 6 heteroatoms. The molecule has 0 fully saturated rings. The van der Waals surface area contributed by atoms with Crippen molar-refractivity contribution in [2.24, 2.45) is 0 Å². The molecule has 0 aliphatic rings. The van der Waals surface area contributed by atoms with Crippen LogP contribution in [0.1, 0.15) is 33.9 Å². The molecule has 0 spiro atoms. The fraction of sp³-hybridized carbons (Fsp3) is 0.222. The average Bonchev–Trinajstić information content (AvgIpc) is 2.90. The molecule has 0 amide bonds. The number of carbonyl (C=O) groups is 1. The molecule has 0 bridgehead atoms. The van der Waals surface area contributed by atoms with Crippen LogP contribution in [-0.2, 0) is 11.3 Å². The molecule has 0 aliphatic heterocycles. The third-order valence-corrected chi connectivity index (χ3v) is 3.65. The number of fused-ring (bicyclic) bond motifs is 1. The summed E-state index contributed by atoms with van der Waals surface area (Å²) in [5, 5.41) is 0. The molecule has 0 unspecified atom stereocenters. The normalized spacial score (nSPS) is 11.2. The van der Waals surface area contributed by atoms with E-state index in [0.717, 1.165) is 15.7 Å². The second-order valence-electron chi connectivity index (χ2n) is 5.62. The van der Waals surface area contributed by atoms with E-state index in [0.29, 0.717) is 16.6 Å². The van der Waals surface area contributed by atoms with Gasteiger partial charge in [0.1, 0.15) is 6.61 Å². The number of nitrogens with zero attached hydrogens (tertiary/aromatic N) is 2. The Kier molecular flexibility index (Phi) is 4.29. The van der Waals surface area contributed by atoms with E-state index >= 15 is 0 Å². The van der Waals surface area contributed by atoms with Crippen LogP contribution in [0.5, 0.6) is 0 Å². The highest BCUT2D eigenvalue weighted by atomic mass is 19.3. The highest BCUT2D eigenvalue weighted by Crippen LogP contribution is 2.23. The Morgan fingerprint density at radius 1 is 1.17 bits per heavy atom. The molecule has 0 radical (unpaired) electrons. The lowest BCUT2D eigenvalue weighted by Crippen LogP contribution is -2.11. The van der Waals surface area contributed by atoms with Crippen LogP contribution in [-0.4, -0.2) is 15.5 Å². The number of benzene rings is 2. The molecular formula is C18H16F2N2O2. The summed E-state index contributed by atoms with van der Waals surface area (Å²) in [6.07, 6.45) is 0. The van der Waals surface area contributed by atoms with Gasteiger partial charge in [0.15, 0.2) is 5.82 Å². The average molecular weight is 330 g/mol. The van der Waals surface area contributed by atoms with Gasteiger partial charge in [-0.05, 0) is 38.1 Å². The van der Waals surface area contributed by atoms with Crippen LogP contribution in [0, 0.1) is 13.8 Å². The van der Waals surface area contributed by atoms with Crippen molar-refractivity contribution in [2.75, 3.05) is 0 Å². The SMILES string of the molecule is Cc1cc(C)cc(C(=O)OCc2nc3ccccc3n2C(F)F)c1. The molecule has 0 N–H and O–H groups in total. The lowest BCUT2D eigenvalue weighted by Gasteiger charge is -2.09. The molecule has 1 aromatic heterocycles. The van der Waals surface area contributed by atoms with Gasteiger partial charge in [0.05, 0.1) is 16.6 Å². The highest BCUT2D eigenvalue weighted by Gasteiger charge is 2.19. The Hall–Kier alpha value is -2.76. The number of halogens is 2. The third kappa shape index (κ3) is 3.13. The number of ether oxygens (including phenoxy) is 1. The minimum absolute atomic E-state index is 0.0175. The molecule has 2 aromatic carbocycles. The molecular weight excluding hydrogens is 314 g/mol.